The molecular formula is C13H16BrNO4. The third-order valence-electron chi connectivity index (χ3n) is 2.60. The van der Waals surface area contributed by atoms with Crippen LogP contribution < -0.4 is 14.8 Å². The Labute approximate surface area is 120 Å². The van der Waals surface area contributed by atoms with Gasteiger partial charge in [-0.05, 0) is 35.0 Å². The smallest absolute Gasteiger partial charge is 0.251 e. The van der Waals surface area contributed by atoms with Crippen LogP contribution in [0.2, 0.25) is 0 Å². The molecule has 1 aliphatic rings. The summed E-state index contributed by atoms with van der Waals surface area (Å²) in [5.41, 5.74) is 0.535. The number of amides is 1. The summed E-state index contributed by atoms with van der Waals surface area (Å²) in [5.74, 6) is 1.09. The number of rotatable bonds is 5. The van der Waals surface area contributed by atoms with Crippen molar-refractivity contribution in [2.24, 2.45) is 0 Å². The average Bonchev–Trinajstić information content (AvgIpc) is 2.43. The minimum atomic E-state index is -0.155. The lowest BCUT2D eigenvalue weighted by atomic mass is 10.2. The molecule has 0 aliphatic carbocycles. The van der Waals surface area contributed by atoms with Crippen LogP contribution in [-0.4, -0.2) is 38.9 Å². The Balaban J connectivity index is 2.04. The quantitative estimate of drug-likeness (QED) is 0.839. The molecule has 1 aromatic rings. The van der Waals surface area contributed by atoms with Gasteiger partial charge in [-0.15, -0.1) is 0 Å². The van der Waals surface area contributed by atoms with Gasteiger partial charge >= 0.3 is 0 Å². The molecule has 19 heavy (non-hydrogen) atoms. The first-order valence-electron chi connectivity index (χ1n) is 6.17. The molecule has 1 heterocycles. The molecule has 0 saturated heterocycles. The van der Waals surface area contributed by atoms with E-state index in [0.29, 0.717) is 50.0 Å². The van der Waals surface area contributed by atoms with Crippen molar-refractivity contribution in [1.82, 2.24) is 5.32 Å². The maximum absolute atomic E-state index is 12.0. The molecular weight excluding hydrogens is 314 g/mol. The molecule has 0 fully saturated rings. The fourth-order valence-electron chi connectivity index (χ4n) is 1.73. The number of carbonyl (C=O) groups excluding carboxylic acids is 1. The predicted octanol–water partition coefficient (Wildman–Crippen LogP) is 1.99. The highest BCUT2D eigenvalue weighted by Crippen LogP contribution is 2.38. The molecule has 0 atom stereocenters. The summed E-state index contributed by atoms with van der Waals surface area (Å²) in [6, 6.07) is 3.42. The summed E-state index contributed by atoms with van der Waals surface area (Å²) in [6.45, 7) is 4.57. The second-order valence-corrected chi connectivity index (χ2v) is 4.79. The first-order chi connectivity index (χ1) is 9.22. The van der Waals surface area contributed by atoms with Gasteiger partial charge in [0, 0.05) is 18.7 Å². The second kappa shape index (κ2) is 6.77. The largest absolute Gasteiger partial charge is 0.486 e. The molecule has 0 spiro atoms. The standard InChI is InChI=1S/C13H16BrNO4/c1-2-17-4-3-15-13(16)9-7-10(14)12-11(8-9)18-5-6-19-12/h7-8H,2-6H2,1H3,(H,15,16). The molecule has 0 unspecified atom stereocenters. The summed E-state index contributed by atoms with van der Waals surface area (Å²) >= 11 is 3.38. The number of carbonyl (C=O) groups is 1. The first kappa shape index (κ1) is 14.1. The highest BCUT2D eigenvalue weighted by Gasteiger charge is 2.18. The van der Waals surface area contributed by atoms with Gasteiger partial charge in [-0.25, -0.2) is 0 Å². The number of hydrogen-bond acceptors (Lipinski definition) is 4. The maximum Gasteiger partial charge on any atom is 0.251 e. The Kier molecular flexibility index (Phi) is 5.04. The molecule has 104 valence electrons. The van der Waals surface area contributed by atoms with E-state index >= 15 is 0 Å². The summed E-state index contributed by atoms with van der Waals surface area (Å²) in [7, 11) is 0. The summed E-state index contributed by atoms with van der Waals surface area (Å²) < 4.78 is 16.8. The van der Waals surface area contributed by atoms with Crippen LogP contribution in [0.4, 0.5) is 0 Å². The monoisotopic (exact) mass is 329 g/mol. The van der Waals surface area contributed by atoms with Crippen molar-refractivity contribution in [1.29, 1.82) is 0 Å². The number of halogens is 1. The van der Waals surface area contributed by atoms with Crippen LogP contribution in [0.25, 0.3) is 0 Å². The van der Waals surface area contributed by atoms with Crippen LogP contribution in [0.5, 0.6) is 11.5 Å². The van der Waals surface area contributed by atoms with Crippen LogP contribution in [-0.2, 0) is 4.74 Å². The molecule has 1 N–H and O–H groups in total. The second-order valence-electron chi connectivity index (χ2n) is 3.94. The van der Waals surface area contributed by atoms with Crippen molar-refractivity contribution in [3.8, 4) is 11.5 Å². The minimum absolute atomic E-state index is 0.155. The summed E-state index contributed by atoms with van der Waals surface area (Å²) in [5, 5.41) is 2.79. The molecule has 0 aromatic heterocycles. The summed E-state index contributed by atoms with van der Waals surface area (Å²) in [4.78, 5) is 12.0. The van der Waals surface area contributed by atoms with Crippen molar-refractivity contribution in [2.75, 3.05) is 33.0 Å². The molecule has 0 radical (unpaired) electrons. The van der Waals surface area contributed by atoms with Crippen molar-refractivity contribution in [3.05, 3.63) is 22.2 Å². The molecule has 2 rings (SSSR count). The zero-order valence-electron chi connectivity index (χ0n) is 10.7. The Hall–Kier alpha value is -1.27. The lowest BCUT2D eigenvalue weighted by Gasteiger charge is -2.20. The van der Waals surface area contributed by atoms with Gasteiger partial charge in [-0.2, -0.15) is 0 Å². The van der Waals surface area contributed by atoms with Gasteiger partial charge in [0.25, 0.3) is 5.91 Å². The maximum atomic E-state index is 12.0. The average molecular weight is 330 g/mol. The van der Waals surface area contributed by atoms with E-state index in [1.54, 1.807) is 12.1 Å². The fourth-order valence-corrected chi connectivity index (χ4v) is 2.28. The first-order valence-corrected chi connectivity index (χ1v) is 6.96. The van der Waals surface area contributed by atoms with E-state index < -0.39 is 0 Å². The van der Waals surface area contributed by atoms with E-state index in [9.17, 15) is 4.79 Å². The number of fused-ring (bicyclic) bond motifs is 1. The van der Waals surface area contributed by atoms with Crippen molar-refractivity contribution >= 4 is 21.8 Å². The molecule has 1 amide bonds. The lowest BCUT2D eigenvalue weighted by Crippen LogP contribution is -2.27. The van der Waals surface area contributed by atoms with Gasteiger partial charge in [0.2, 0.25) is 0 Å². The number of nitrogens with one attached hydrogen (secondary N) is 1. The van der Waals surface area contributed by atoms with E-state index in [4.69, 9.17) is 14.2 Å². The van der Waals surface area contributed by atoms with Crippen molar-refractivity contribution in [3.63, 3.8) is 0 Å². The fraction of sp³-hybridized carbons (Fsp3) is 0.462. The van der Waals surface area contributed by atoms with Gasteiger partial charge < -0.3 is 19.5 Å². The Morgan fingerprint density at radius 1 is 1.42 bits per heavy atom. The van der Waals surface area contributed by atoms with E-state index in [1.165, 1.54) is 0 Å². The SMILES string of the molecule is CCOCCNC(=O)c1cc(Br)c2c(c1)OCCO2. The molecule has 6 heteroatoms. The highest BCUT2D eigenvalue weighted by molar-refractivity contribution is 9.10. The van der Waals surface area contributed by atoms with Gasteiger partial charge in [0.05, 0.1) is 11.1 Å². The van der Waals surface area contributed by atoms with Gasteiger partial charge in [0.15, 0.2) is 11.5 Å². The molecule has 5 nitrogen and oxygen atoms in total. The Bertz CT molecular complexity index is 464. The van der Waals surface area contributed by atoms with Crippen molar-refractivity contribution in [2.45, 2.75) is 6.92 Å². The highest BCUT2D eigenvalue weighted by atomic mass is 79.9. The molecule has 0 saturated carbocycles. The third-order valence-corrected chi connectivity index (χ3v) is 3.18. The minimum Gasteiger partial charge on any atom is -0.486 e. The summed E-state index contributed by atoms with van der Waals surface area (Å²) in [6.07, 6.45) is 0. The zero-order valence-corrected chi connectivity index (χ0v) is 12.3. The van der Waals surface area contributed by atoms with Crippen LogP contribution in [0, 0.1) is 0 Å². The van der Waals surface area contributed by atoms with E-state index in [0.717, 1.165) is 4.47 Å². The zero-order chi connectivity index (χ0) is 13.7. The van der Waals surface area contributed by atoms with Crippen LogP contribution in [0.15, 0.2) is 16.6 Å². The van der Waals surface area contributed by atoms with Crippen LogP contribution in [0.1, 0.15) is 17.3 Å². The van der Waals surface area contributed by atoms with E-state index in [1.807, 2.05) is 6.92 Å². The van der Waals surface area contributed by atoms with Crippen LogP contribution in [0.3, 0.4) is 0 Å². The van der Waals surface area contributed by atoms with Crippen molar-refractivity contribution < 1.29 is 19.0 Å². The molecule has 0 bridgehead atoms. The Morgan fingerprint density at radius 3 is 3.00 bits per heavy atom. The van der Waals surface area contributed by atoms with E-state index in [2.05, 4.69) is 21.2 Å². The van der Waals surface area contributed by atoms with E-state index in [-0.39, 0.29) is 5.91 Å². The predicted molar refractivity (Wildman–Crippen MR) is 74.0 cm³/mol. The topological polar surface area (TPSA) is 56.8 Å². The number of ether oxygens (including phenoxy) is 3. The van der Waals surface area contributed by atoms with Gasteiger partial charge in [-0.1, -0.05) is 0 Å². The normalized spacial score (nSPS) is 13.2. The third kappa shape index (κ3) is 3.61. The molecule has 1 aromatic carbocycles. The Morgan fingerprint density at radius 2 is 2.21 bits per heavy atom. The van der Waals surface area contributed by atoms with Gasteiger partial charge in [0.1, 0.15) is 13.2 Å². The lowest BCUT2D eigenvalue weighted by molar-refractivity contribution is 0.0921. The molecule has 1 aliphatic heterocycles. The van der Waals surface area contributed by atoms with Crippen LogP contribution >= 0.6 is 15.9 Å². The number of hydrogen-bond donors (Lipinski definition) is 1. The number of benzene rings is 1. The van der Waals surface area contributed by atoms with Gasteiger partial charge in [-0.3, -0.25) is 4.79 Å².